The number of hydrogen-bond donors (Lipinski definition) is 0. The average molecular weight is 225 g/mol. The fourth-order valence-electron chi connectivity index (χ4n) is 1.80. The molecule has 2 heteroatoms. The van der Waals surface area contributed by atoms with E-state index >= 15 is 0 Å². The van der Waals surface area contributed by atoms with Crippen molar-refractivity contribution in [2.45, 2.75) is 12.5 Å². The molecule has 0 aliphatic heterocycles. The Labute approximate surface area is 99.6 Å². The third kappa shape index (κ3) is 1.94. The van der Waals surface area contributed by atoms with Gasteiger partial charge in [-0.25, -0.2) is 0 Å². The van der Waals surface area contributed by atoms with Crippen molar-refractivity contribution >= 4 is 10.5 Å². The highest BCUT2D eigenvalue weighted by Gasteiger charge is 2.27. The van der Waals surface area contributed by atoms with E-state index in [1.165, 1.54) is 0 Å². The van der Waals surface area contributed by atoms with Gasteiger partial charge in [0, 0.05) is 0 Å². The minimum absolute atomic E-state index is 0.459. The van der Waals surface area contributed by atoms with Gasteiger partial charge < -0.3 is 4.43 Å². The van der Waals surface area contributed by atoms with Crippen LogP contribution in [0.3, 0.4) is 0 Å². The number of benzene rings is 2. The van der Waals surface area contributed by atoms with Crippen LogP contribution >= 0.6 is 0 Å². The molecular weight excluding hydrogens is 212 g/mol. The highest BCUT2D eigenvalue weighted by atomic mass is 28.2. The van der Waals surface area contributed by atoms with E-state index in [1.807, 2.05) is 43.3 Å². The smallest absolute Gasteiger partial charge is 0.248 e. The van der Waals surface area contributed by atoms with E-state index in [2.05, 4.69) is 34.8 Å². The summed E-state index contributed by atoms with van der Waals surface area (Å²) in [5, 5.41) is 0. The quantitative estimate of drug-likeness (QED) is 0.730. The minimum Gasteiger partial charge on any atom is -0.405 e. The molecule has 16 heavy (non-hydrogen) atoms. The van der Waals surface area contributed by atoms with Gasteiger partial charge in [0.1, 0.15) is 5.60 Å². The Morgan fingerprint density at radius 1 is 0.812 bits per heavy atom. The second-order valence-corrected chi connectivity index (χ2v) is 4.07. The standard InChI is InChI=1S/C14H13OSi/c1-14(15-16,12-8-4-2-5-9-12)13-10-6-3-7-11-13/h2-11H,1H3. The molecular formula is C14H13OSi. The lowest BCUT2D eigenvalue weighted by Crippen LogP contribution is -2.26. The van der Waals surface area contributed by atoms with Crippen molar-refractivity contribution in [2.75, 3.05) is 0 Å². The summed E-state index contributed by atoms with van der Waals surface area (Å²) in [6, 6.07) is 20.3. The first-order chi connectivity index (χ1) is 7.77. The van der Waals surface area contributed by atoms with Crippen LogP contribution in [0.1, 0.15) is 18.1 Å². The van der Waals surface area contributed by atoms with Crippen LogP contribution in [0.2, 0.25) is 0 Å². The van der Waals surface area contributed by atoms with E-state index in [0.29, 0.717) is 0 Å². The Bertz CT molecular complexity index is 399. The SMILES string of the molecule is CC(O[Si])(c1ccccc1)c1ccccc1. The molecule has 2 aromatic rings. The summed E-state index contributed by atoms with van der Waals surface area (Å²) in [5.74, 6) is 0. The summed E-state index contributed by atoms with van der Waals surface area (Å²) in [4.78, 5) is 0. The van der Waals surface area contributed by atoms with Gasteiger partial charge in [0.15, 0.2) is 0 Å². The third-order valence-electron chi connectivity index (χ3n) is 2.85. The molecule has 2 rings (SSSR count). The normalized spacial score (nSPS) is 11.4. The predicted octanol–water partition coefficient (Wildman–Crippen LogP) is 3.05. The molecule has 0 spiro atoms. The van der Waals surface area contributed by atoms with Gasteiger partial charge >= 0.3 is 0 Å². The van der Waals surface area contributed by atoms with Crippen molar-refractivity contribution in [1.29, 1.82) is 0 Å². The summed E-state index contributed by atoms with van der Waals surface area (Å²) in [7, 11) is 3.20. The molecule has 0 bridgehead atoms. The molecule has 2 aromatic carbocycles. The van der Waals surface area contributed by atoms with Crippen molar-refractivity contribution in [3.63, 3.8) is 0 Å². The van der Waals surface area contributed by atoms with E-state index in [-0.39, 0.29) is 0 Å². The molecule has 0 atom stereocenters. The van der Waals surface area contributed by atoms with Crippen LogP contribution in [0.4, 0.5) is 0 Å². The van der Waals surface area contributed by atoms with E-state index in [4.69, 9.17) is 4.43 Å². The van der Waals surface area contributed by atoms with Crippen molar-refractivity contribution in [2.24, 2.45) is 0 Å². The Kier molecular flexibility index (Phi) is 3.22. The summed E-state index contributed by atoms with van der Waals surface area (Å²) >= 11 is 0. The van der Waals surface area contributed by atoms with Crippen LogP contribution in [0.5, 0.6) is 0 Å². The highest BCUT2D eigenvalue weighted by Crippen LogP contribution is 2.31. The summed E-state index contributed by atoms with van der Waals surface area (Å²) < 4.78 is 5.52. The van der Waals surface area contributed by atoms with Crippen LogP contribution in [0, 0.1) is 0 Å². The van der Waals surface area contributed by atoms with Crippen molar-refractivity contribution in [1.82, 2.24) is 0 Å². The van der Waals surface area contributed by atoms with Crippen LogP contribution in [0.25, 0.3) is 0 Å². The van der Waals surface area contributed by atoms with Crippen molar-refractivity contribution in [3.05, 3.63) is 71.8 Å². The molecule has 0 amide bonds. The molecule has 0 aromatic heterocycles. The lowest BCUT2D eigenvalue weighted by atomic mass is 9.88. The molecule has 0 saturated carbocycles. The molecule has 0 aliphatic carbocycles. The van der Waals surface area contributed by atoms with Gasteiger partial charge in [-0.3, -0.25) is 0 Å². The first-order valence-corrected chi connectivity index (χ1v) is 5.64. The number of rotatable bonds is 3. The topological polar surface area (TPSA) is 9.23 Å². The Morgan fingerprint density at radius 3 is 1.50 bits per heavy atom. The largest absolute Gasteiger partial charge is 0.405 e. The lowest BCUT2D eigenvalue weighted by molar-refractivity contribution is 0.148. The van der Waals surface area contributed by atoms with Crippen molar-refractivity contribution in [3.8, 4) is 0 Å². The zero-order valence-electron chi connectivity index (χ0n) is 9.18. The van der Waals surface area contributed by atoms with Crippen LogP contribution in [-0.2, 0) is 10.0 Å². The van der Waals surface area contributed by atoms with Crippen molar-refractivity contribution < 1.29 is 4.43 Å². The average Bonchev–Trinajstić information content (AvgIpc) is 2.40. The van der Waals surface area contributed by atoms with Gasteiger partial charge in [0.2, 0.25) is 10.5 Å². The van der Waals surface area contributed by atoms with Gasteiger partial charge in [-0.05, 0) is 18.1 Å². The first kappa shape index (κ1) is 11.1. The summed E-state index contributed by atoms with van der Waals surface area (Å²) in [5.41, 5.74) is 1.78. The van der Waals surface area contributed by atoms with Gasteiger partial charge in [-0.2, -0.15) is 0 Å². The molecule has 1 nitrogen and oxygen atoms in total. The Morgan fingerprint density at radius 2 is 1.19 bits per heavy atom. The molecule has 3 radical (unpaired) electrons. The maximum atomic E-state index is 5.52. The summed E-state index contributed by atoms with van der Waals surface area (Å²) in [6.45, 7) is 2.05. The summed E-state index contributed by atoms with van der Waals surface area (Å²) in [6.07, 6.45) is 0. The van der Waals surface area contributed by atoms with Crippen LogP contribution in [0.15, 0.2) is 60.7 Å². The molecule has 0 N–H and O–H groups in total. The molecule has 0 aliphatic rings. The Balaban J connectivity index is 2.49. The van der Waals surface area contributed by atoms with Crippen LogP contribution < -0.4 is 0 Å². The second-order valence-electron chi connectivity index (χ2n) is 3.87. The first-order valence-electron chi connectivity index (χ1n) is 5.23. The van der Waals surface area contributed by atoms with Gasteiger partial charge in [-0.1, -0.05) is 60.7 Å². The highest BCUT2D eigenvalue weighted by molar-refractivity contribution is 5.98. The van der Waals surface area contributed by atoms with E-state index in [0.717, 1.165) is 11.1 Å². The molecule has 0 saturated heterocycles. The van der Waals surface area contributed by atoms with E-state index in [9.17, 15) is 0 Å². The Hall–Kier alpha value is -1.38. The molecule has 0 fully saturated rings. The van der Waals surface area contributed by atoms with Crippen LogP contribution in [-0.4, -0.2) is 10.5 Å². The fourth-order valence-corrected chi connectivity index (χ4v) is 2.03. The monoisotopic (exact) mass is 225 g/mol. The fraction of sp³-hybridized carbons (Fsp3) is 0.143. The minimum atomic E-state index is -0.459. The zero-order chi connectivity index (χ0) is 11.4. The lowest BCUT2D eigenvalue weighted by Gasteiger charge is -2.29. The predicted molar refractivity (Wildman–Crippen MR) is 66.2 cm³/mol. The molecule has 0 unspecified atom stereocenters. The third-order valence-corrected chi connectivity index (χ3v) is 3.26. The van der Waals surface area contributed by atoms with Gasteiger partial charge in [-0.15, -0.1) is 0 Å². The zero-order valence-corrected chi connectivity index (χ0v) is 10.2. The maximum Gasteiger partial charge on any atom is 0.248 e. The maximum absolute atomic E-state index is 5.52. The second kappa shape index (κ2) is 4.64. The van der Waals surface area contributed by atoms with Gasteiger partial charge in [0.05, 0.1) is 0 Å². The number of hydrogen-bond acceptors (Lipinski definition) is 1. The molecule has 0 heterocycles. The van der Waals surface area contributed by atoms with Gasteiger partial charge in [0.25, 0.3) is 0 Å². The van der Waals surface area contributed by atoms with E-state index < -0.39 is 5.60 Å². The molecule has 79 valence electrons. The van der Waals surface area contributed by atoms with E-state index in [1.54, 1.807) is 0 Å².